The van der Waals surface area contributed by atoms with Crippen molar-refractivity contribution >= 4 is 19.8 Å². The molecule has 0 aromatic heterocycles. The Morgan fingerprint density at radius 3 is 1.58 bits per heavy atom. The van der Waals surface area contributed by atoms with E-state index in [0.717, 1.165) is 44.9 Å². The Morgan fingerprint density at radius 1 is 0.596 bits per heavy atom. The van der Waals surface area contributed by atoms with E-state index in [-0.39, 0.29) is 26.1 Å². The molecule has 1 unspecified atom stereocenters. The van der Waals surface area contributed by atoms with Crippen LogP contribution in [0.5, 0.6) is 0 Å². The maximum absolute atomic E-state index is 12.6. The Kier molecular flexibility index (Phi) is 33.8. The number of carbonyl (C=O) groups is 2. The first-order valence-corrected chi connectivity index (χ1v) is 22.2. The minimum absolute atomic E-state index is 0.0263. The number of phosphoric ester groups is 1. The highest BCUT2D eigenvalue weighted by Gasteiger charge is 2.27. The number of carbonyl (C=O) groups excluding carboxylic acids is 2. The van der Waals surface area contributed by atoms with Crippen LogP contribution in [0.3, 0.4) is 0 Å². The van der Waals surface area contributed by atoms with Crippen molar-refractivity contribution in [1.82, 2.24) is 0 Å². The fourth-order valence-electron chi connectivity index (χ4n) is 5.37. The predicted molar refractivity (Wildman–Crippen MR) is 215 cm³/mol. The maximum atomic E-state index is 12.6. The van der Waals surface area contributed by atoms with Gasteiger partial charge in [0.15, 0.2) is 6.10 Å². The first kappa shape index (κ1) is 50.2. The zero-order valence-corrected chi connectivity index (χ0v) is 34.9. The number of rotatable bonds is 37. The molecule has 0 aliphatic carbocycles. The topological polar surface area (TPSA) is 108 Å². The number of hydrogen-bond donors (Lipinski definition) is 1. The van der Waals surface area contributed by atoms with Gasteiger partial charge in [-0.1, -0.05) is 140 Å². The highest BCUT2D eigenvalue weighted by molar-refractivity contribution is 7.47. The Morgan fingerprint density at radius 2 is 1.04 bits per heavy atom. The third-order valence-electron chi connectivity index (χ3n) is 8.67. The van der Waals surface area contributed by atoms with Gasteiger partial charge in [0.25, 0.3) is 0 Å². The highest BCUT2D eigenvalue weighted by Crippen LogP contribution is 2.43. The molecule has 0 amide bonds. The number of nitrogens with zero attached hydrogens (tertiary/aromatic N) is 1. The molecule has 0 aromatic rings. The van der Waals surface area contributed by atoms with Gasteiger partial charge in [-0.25, -0.2) is 4.57 Å². The molecular formula is C42H79NO8P+. The molecular weight excluding hydrogens is 677 g/mol. The van der Waals surface area contributed by atoms with Crippen LogP contribution in [0.25, 0.3) is 0 Å². The van der Waals surface area contributed by atoms with E-state index in [1.54, 1.807) is 0 Å². The summed E-state index contributed by atoms with van der Waals surface area (Å²) in [5.41, 5.74) is 0. The molecule has 304 valence electrons. The van der Waals surface area contributed by atoms with Gasteiger partial charge >= 0.3 is 19.8 Å². The Hall–Kier alpha value is -1.77. The van der Waals surface area contributed by atoms with Crippen LogP contribution in [0.2, 0.25) is 0 Å². The van der Waals surface area contributed by atoms with Crippen molar-refractivity contribution < 1.29 is 42.1 Å². The first-order valence-electron chi connectivity index (χ1n) is 20.7. The van der Waals surface area contributed by atoms with E-state index in [2.05, 4.69) is 50.3 Å². The molecule has 2 atom stereocenters. The van der Waals surface area contributed by atoms with Gasteiger partial charge in [-0.2, -0.15) is 0 Å². The summed E-state index contributed by atoms with van der Waals surface area (Å²) in [5.74, 6) is -0.842. The van der Waals surface area contributed by atoms with E-state index < -0.39 is 32.5 Å². The van der Waals surface area contributed by atoms with Crippen LogP contribution in [-0.4, -0.2) is 74.9 Å². The van der Waals surface area contributed by atoms with Gasteiger partial charge in [0.2, 0.25) is 0 Å². The number of allylic oxidation sites excluding steroid dienone is 6. The monoisotopic (exact) mass is 757 g/mol. The van der Waals surface area contributed by atoms with Crippen molar-refractivity contribution in [3.63, 3.8) is 0 Å². The van der Waals surface area contributed by atoms with Gasteiger partial charge in [0.1, 0.15) is 19.8 Å². The van der Waals surface area contributed by atoms with Crippen molar-refractivity contribution in [2.45, 2.75) is 174 Å². The van der Waals surface area contributed by atoms with Gasteiger partial charge in [-0.05, 0) is 51.4 Å². The zero-order valence-electron chi connectivity index (χ0n) is 34.0. The van der Waals surface area contributed by atoms with Crippen LogP contribution in [-0.2, 0) is 32.7 Å². The van der Waals surface area contributed by atoms with Crippen molar-refractivity contribution in [2.75, 3.05) is 47.5 Å². The predicted octanol–water partition coefficient (Wildman–Crippen LogP) is 11.4. The standard InChI is InChI=1S/C42H78NO8P/c1-6-8-10-12-14-16-18-20-21-23-24-26-28-30-32-34-41(44)48-38-40(39-50-52(46,47)49-37-36-43(3,4)5)51-42(45)35-33-31-29-27-25-22-19-17-15-13-11-9-7-2/h14,16,20-21,24,26,40H,6-13,15,17-19,22-23,25,27-39H2,1-5H3/p+1/b16-14+,21-20+,26-24+/t40-/m1/s1. The van der Waals surface area contributed by atoms with Crippen molar-refractivity contribution in [3.8, 4) is 0 Å². The van der Waals surface area contributed by atoms with E-state index in [1.165, 1.54) is 83.5 Å². The molecule has 0 radical (unpaired) electrons. The molecule has 0 spiro atoms. The van der Waals surface area contributed by atoms with Crippen LogP contribution in [0, 0.1) is 0 Å². The molecule has 0 bridgehead atoms. The lowest BCUT2D eigenvalue weighted by molar-refractivity contribution is -0.870. The largest absolute Gasteiger partial charge is 0.472 e. The molecule has 0 saturated heterocycles. The molecule has 0 saturated carbocycles. The summed E-state index contributed by atoms with van der Waals surface area (Å²) >= 11 is 0. The molecule has 9 nitrogen and oxygen atoms in total. The van der Waals surface area contributed by atoms with E-state index in [9.17, 15) is 19.0 Å². The normalized spacial score (nSPS) is 14.0. The summed E-state index contributed by atoms with van der Waals surface area (Å²) in [7, 11) is 1.46. The van der Waals surface area contributed by atoms with Gasteiger partial charge in [0, 0.05) is 12.8 Å². The van der Waals surface area contributed by atoms with Crippen LogP contribution in [0.4, 0.5) is 0 Å². The quantitative estimate of drug-likeness (QED) is 0.0219. The number of likely N-dealkylation sites (N-methyl/N-ethyl adjacent to an activating group) is 1. The fourth-order valence-corrected chi connectivity index (χ4v) is 6.11. The summed E-state index contributed by atoms with van der Waals surface area (Å²) in [5, 5.41) is 0. The second-order valence-electron chi connectivity index (χ2n) is 15.0. The van der Waals surface area contributed by atoms with Crippen LogP contribution < -0.4 is 0 Å². The first-order chi connectivity index (χ1) is 25.0. The van der Waals surface area contributed by atoms with E-state index in [4.69, 9.17) is 18.5 Å². The highest BCUT2D eigenvalue weighted by atomic mass is 31.2. The van der Waals surface area contributed by atoms with E-state index in [0.29, 0.717) is 23.9 Å². The second-order valence-corrected chi connectivity index (χ2v) is 16.5. The van der Waals surface area contributed by atoms with Gasteiger partial charge in [0.05, 0.1) is 27.7 Å². The van der Waals surface area contributed by atoms with E-state index in [1.807, 2.05) is 21.1 Å². The number of ether oxygens (including phenoxy) is 2. The Labute approximate surface area is 319 Å². The SMILES string of the molecule is CCCCC/C=C/C/C=C/C/C=C/CCCCC(=O)OC[C@H](COP(=O)(O)OCC[N+](C)(C)C)OC(=O)CCCCCCCCCCCCCCC. The number of esters is 2. The van der Waals surface area contributed by atoms with Crippen molar-refractivity contribution in [2.24, 2.45) is 0 Å². The Bertz CT molecular complexity index is 991. The molecule has 0 aromatic carbocycles. The summed E-state index contributed by atoms with van der Waals surface area (Å²) in [6.07, 6.45) is 37.6. The van der Waals surface area contributed by atoms with Crippen molar-refractivity contribution in [1.29, 1.82) is 0 Å². The number of unbranched alkanes of at least 4 members (excludes halogenated alkanes) is 17. The molecule has 1 N–H and O–H groups in total. The molecule has 0 heterocycles. The average molecular weight is 757 g/mol. The zero-order chi connectivity index (χ0) is 38.6. The molecule has 0 rings (SSSR count). The van der Waals surface area contributed by atoms with E-state index >= 15 is 0 Å². The summed E-state index contributed by atoms with van der Waals surface area (Å²) in [6.45, 7) is 4.34. The minimum atomic E-state index is -4.38. The van der Waals surface area contributed by atoms with Crippen molar-refractivity contribution in [3.05, 3.63) is 36.5 Å². The lowest BCUT2D eigenvalue weighted by Gasteiger charge is -2.24. The summed E-state index contributed by atoms with van der Waals surface area (Å²) < 4.78 is 34.2. The van der Waals surface area contributed by atoms with Gasteiger partial charge in [-0.15, -0.1) is 0 Å². The molecule has 0 aliphatic heterocycles. The maximum Gasteiger partial charge on any atom is 0.472 e. The molecule has 52 heavy (non-hydrogen) atoms. The minimum Gasteiger partial charge on any atom is -0.462 e. The lowest BCUT2D eigenvalue weighted by Crippen LogP contribution is -2.37. The number of quaternary nitrogens is 1. The van der Waals surface area contributed by atoms with Crippen LogP contribution in [0.1, 0.15) is 168 Å². The molecule has 10 heteroatoms. The van der Waals surface area contributed by atoms with Gasteiger partial charge in [-0.3, -0.25) is 18.6 Å². The smallest absolute Gasteiger partial charge is 0.462 e. The lowest BCUT2D eigenvalue weighted by atomic mass is 10.0. The fraction of sp³-hybridized carbons (Fsp3) is 0.810. The third kappa shape index (κ3) is 38.0. The Balaban J connectivity index is 4.46. The summed E-state index contributed by atoms with van der Waals surface area (Å²) in [6, 6.07) is 0. The molecule has 0 fully saturated rings. The average Bonchev–Trinajstić information content (AvgIpc) is 3.09. The number of phosphoric acid groups is 1. The second kappa shape index (κ2) is 35.0. The summed E-state index contributed by atoms with van der Waals surface area (Å²) in [4.78, 5) is 35.2. The third-order valence-corrected chi connectivity index (χ3v) is 9.66. The van der Waals surface area contributed by atoms with Crippen LogP contribution in [0.15, 0.2) is 36.5 Å². The van der Waals surface area contributed by atoms with Gasteiger partial charge < -0.3 is 18.9 Å². The molecule has 0 aliphatic rings. The van der Waals surface area contributed by atoms with Crippen LogP contribution >= 0.6 is 7.82 Å². The number of hydrogen-bond acceptors (Lipinski definition) is 7.